The monoisotopic (exact) mass is 265 g/mol. The lowest BCUT2D eigenvalue weighted by molar-refractivity contribution is 0.242. The Balaban J connectivity index is 2.43. The highest BCUT2D eigenvalue weighted by Crippen LogP contribution is 2.18. The van der Waals surface area contributed by atoms with Crippen molar-refractivity contribution >= 4 is 27.5 Å². The minimum atomic E-state index is 0.704. The van der Waals surface area contributed by atoms with Gasteiger partial charge in [-0.1, -0.05) is 46.4 Å². The molecule has 1 fully saturated rings. The molecule has 1 unspecified atom stereocenters. The lowest BCUT2D eigenvalue weighted by Crippen LogP contribution is -2.36. The molecular formula is C10H17BrClN. The van der Waals surface area contributed by atoms with Gasteiger partial charge in [-0.05, 0) is 19.4 Å². The van der Waals surface area contributed by atoms with Crippen LogP contribution in [0.3, 0.4) is 0 Å². The molecule has 0 aromatic carbocycles. The molecule has 0 aromatic rings. The van der Waals surface area contributed by atoms with Gasteiger partial charge in [0, 0.05) is 23.5 Å². The molecule has 1 atom stereocenters. The topological polar surface area (TPSA) is 3.24 Å². The molecule has 0 radical (unpaired) electrons. The van der Waals surface area contributed by atoms with E-state index in [9.17, 15) is 0 Å². The van der Waals surface area contributed by atoms with E-state index in [1.165, 1.54) is 32.2 Å². The average Bonchev–Trinajstić information content (AvgIpc) is 2.39. The van der Waals surface area contributed by atoms with Gasteiger partial charge in [0.1, 0.15) is 0 Å². The molecule has 13 heavy (non-hydrogen) atoms. The minimum absolute atomic E-state index is 0.704. The molecule has 0 aliphatic carbocycles. The van der Waals surface area contributed by atoms with Crippen LogP contribution >= 0.6 is 27.5 Å². The van der Waals surface area contributed by atoms with E-state index in [2.05, 4.69) is 20.8 Å². The van der Waals surface area contributed by atoms with Crippen LogP contribution in [0.4, 0.5) is 0 Å². The van der Waals surface area contributed by atoms with Crippen LogP contribution in [-0.4, -0.2) is 29.4 Å². The lowest BCUT2D eigenvalue weighted by atomic mass is 10.1. The van der Waals surface area contributed by atoms with Crippen LogP contribution in [0.1, 0.15) is 25.7 Å². The molecule has 0 N–H and O–H groups in total. The van der Waals surface area contributed by atoms with Crippen LogP contribution in [0.15, 0.2) is 11.6 Å². The molecule has 0 spiro atoms. The second kappa shape index (κ2) is 6.86. The first-order chi connectivity index (χ1) is 6.38. The van der Waals surface area contributed by atoms with Crippen LogP contribution in [0, 0.1) is 0 Å². The van der Waals surface area contributed by atoms with Crippen molar-refractivity contribution < 1.29 is 0 Å². The molecule has 0 aromatic heterocycles. The standard InChI is InChI=1S/C10H17BrClN/c11-9-10-5-2-1-3-7-13(10)8-4-6-12/h4,6,10H,1-3,5,7-9H2/b6-4+. The summed E-state index contributed by atoms with van der Waals surface area (Å²) in [7, 11) is 0. The molecule has 0 amide bonds. The SMILES string of the molecule is Cl/C=C/CN1CCCCCC1CBr. The minimum Gasteiger partial charge on any atom is -0.296 e. The Bertz CT molecular complexity index is 161. The second-order valence-electron chi connectivity index (χ2n) is 3.51. The molecule has 0 saturated carbocycles. The second-order valence-corrected chi connectivity index (χ2v) is 4.41. The fraction of sp³-hybridized carbons (Fsp3) is 0.800. The molecule has 1 heterocycles. The largest absolute Gasteiger partial charge is 0.296 e. The Morgan fingerprint density at radius 3 is 2.92 bits per heavy atom. The predicted molar refractivity (Wildman–Crippen MR) is 62.6 cm³/mol. The van der Waals surface area contributed by atoms with Crippen molar-refractivity contribution in [1.29, 1.82) is 0 Å². The Hall–Kier alpha value is 0.470. The molecule has 76 valence electrons. The van der Waals surface area contributed by atoms with Gasteiger partial charge in [-0.2, -0.15) is 0 Å². The van der Waals surface area contributed by atoms with E-state index < -0.39 is 0 Å². The first-order valence-electron chi connectivity index (χ1n) is 4.93. The van der Waals surface area contributed by atoms with Gasteiger partial charge in [-0.15, -0.1) is 0 Å². The summed E-state index contributed by atoms with van der Waals surface area (Å²) in [4.78, 5) is 2.51. The highest BCUT2D eigenvalue weighted by Gasteiger charge is 2.18. The zero-order valence-corrected chi connectivity index (χ0v) is 10.2. The normalized spacial score (nSPS) is 26.5. The molecule has 0 bridgehead atoms. The van der Waals surface area contributed by atoms with Crippen LogP contribution in [-0.2, 0) is 0 Å². The average molecular weight is 267 g/mol. The maximum atomic E-state index is 5.53. The first kappa shape index (κ1) is 11.5. The Morgan fingerprint density at radius 1 is 1.38 bits per heavy atom. The van der Waals surface area contributed by atoms with Gasteiger partial charge in [0.25, 0.3) is 0 Å². The summed E-state index contributed by atoms with van der Waals surface area (Å²) < 4.78 is 0. The summed E-state index contributed by atoms with van der Waals surface area (Å²) in [5.74, 6) is 0. The van der Waals surface area contributed by atoms with Crippen LogP contribution in [0.25, 0.3) is 0 Å². The van der Waals surface area contributed by atoms with E-state index >= 15 is 0 Å². The summed E-state index contributed by atoms with van der Waals surface area (Å²) in [6.45, 7) is 2.22. The van der Waals surface area contributed by atoms with Gasteiger partial charge in [0.15, 0.2) is 0 Å². The molecule has 3 heteroatoms. The van der Waals surface area contributed by atoms with Crippen molar-refractivity contribution in [2.75, 3.05) is 18.4 Å². The Labute approximate surface area is 94.3 Å². The van der Waals surface area contributed by atoms with Crippen molar-refractivity contribution in [3.05, 3.63) is 11.6 Å². The van der Waals surface area contributed by atoms with E-state index in [1.807, 2.05) is 6.08 Å². The van der Waals surface area contributed by atoms with Gasteiger partial charge in [-0.3, -0.25) is 4.90 Å². The number of likely N-dealkylation sites (tertiary alicyclic amines) is 1. The third-order valence-electron chi connectivity index (χ3n) is 2.61. The molecule has 1 saturated heterocycles. The van der Waals surface area contributed by atoms with Gasteiger partial charge in [-0.25, -0.2) is 0 Å². The number of hydrogen-bond acceptors (Lipinski definition) is 1. The summed E-state index contributed by atoms with van der Waals surface area (Å²) in [6.07, 6.45) is 7.44. The first-order valence-corrected chi connectivity index (χ1v) is 6.49. The summed E-state index contributed by atoms with van der Waals surface area (Å²) in [6, 6.07) is 0.704. The number of halogens is 2. The van der Waals surface area contributed by atoms with Gasteiger partial charge in [0.05, 0.1) is 0 Å². The molecule has 1 rings (SSSR count). The molecule has 1 nitrogen and oxygen atoms in total. The van der Waals surface area contributed by atoms with E-state index in [0.717, 1.165) is 11.9 Å². The molecule has 1 aliphatic heterocycles. The van der Waals surface area contributed by atoms with Crippen LogP contribution in [0.5, 0.6) is 0 Å². The quantitative estimate of drug-likeness (QED) is 0.708. The van der Waals surface area contributed by atoms with Crippen LogP contribution < -0.4 is 0 Å². The smallest absolute Gasteiger partial charge is 0.0196 e. The number of hydrogen-bond donors (Lipinski definition) is 0. The molecular weight excluding hydrogens is 249 g/mol. The van der Waals surface area contributed by atoms with Gasteiger partial charge >= 0.3 is 0 Å². The van der Waals surface area contributed by atoms with Crippen molar-refractivity contribution in [2.45, 2.75) is 31.7 Å². The number of alkyl halides is 1. The molecule has 1 aliphatic rings. The third-order valence-corrected chi connectivity index (χ3v) is 3.53. The maximum Gasteiger partial charge on any atom is 0.0196 e. The lowest BCUT2D eigenvalue weighted by Gasteiger charge is -2.26. The zero-order chi connectivity index (χ0) is 9.52. The predicted octanol–water partition coefficient (Wildman–Crippen LogP) is 3.38. The zero-order valence-electron chi connectivity index (χ0n) is 7.88. The van der Waals surface area contributed by atoms with E-state index in [4.69, 9.17) is 11.6 Å². The van der Waals surface area contributed by atoms with Gasteiger partial charge in [0.2, 0.25) is 0 Å². The fourth-order valence-electron chi connectivity index (χ4n) is 1.83. The highest BCUT2D eigenvalue weighted by molar-refractivity contribution is 9.09. The maximum absolute atomic E-state index is 5.53. The van der Waals surface area contributed by atoms with Gasteiger partial charge < -0.3 is 0 Å². The summed E-state index contributed by atoms with van der Waals surface area (Å²) in [5.41, 5.74) is 1.62. The summed E-state index contributed by atoms with van der Waals surface area (Å²) in [5, 5.41) is 1.09. The van der Waals surface area contributed by atoms with Crippen LogP contribution in [0.2, 0.25) is 0 Å². The Kier molecular flexibility index (Phi) is 6.09. The van der Waals surface area contributed by atoms with E-state index in [1.54, 1.807) is 5.54 Å². The van der Waals surface area contributed by atoms with Crippen molar-refractivity contribution in [3.63, 3.8) is 0 Å². The van der Waals surface area contributed by atoms with Crippen molar-refractivity contribution in [3.8, 4) is 0 Å². The fourth-order valence-corrected chi connectivity index (χ4v) is 2.64. The summed E-state index contributed by atoms with van der Waals surface area (Å²) >= 11 is 9.11. The highest BCUT2D eigenvalue weighted by atomic mass is 79.9. The van der Waals surface area contributed by atoms with Crippen molar-refractivity contribution in [1.82, 2.24) is 4.90 Å². The van der Waals surface area contributed by atoms with Crippen molar-refractivity contribution in [2.24, 2.45) is 0 Å². The number of rotatable bonds is 3. The van der Waals surface area contributed by atoms with E-state index in [0.29, 0.717) is 6.04 Å². The van der Waals surface area contributed by atoms with E-state index in [-0.39, 0.29) is 0 Å². The number of nitrogens with zero attached hydrogens (tertiary/aromatic N) is 1. The third kappa shape index (κ3) is 4.01. The Morgan fingerprint density at radius 2 is 2.23 bits per heavy atom.